The number of hydrogen-bond acceptors (Lipinski definition) is 3. The highest BCUT2D eigenvalue weighted by atomic mass is 32.2. The second-order valence-corrected chi connectivity index (χ2v) is 8.05. The summed E-state index contributed by atoms with van der Waals surface area (Å²) in [6, 6.07) is 3.72. The van der Waals surface area contributed by atoms with Gasteiger partial charge in [-0.05, 0) is 42.9 Å². The number of hydrogen-bond donors (Lipinski definition) is 1. The molecular formula is C15H21FN2O2S. The fraction of sp³-hybridized carbons (Fsp3) is 0.600. The van der Waals surface area contributed by atoms with Crippen LogP contribution in [0.3, 0.4) is 0 Å². The lowest BCUT2D eigenvalue weighted by Gasteiger charge is -2.40. The predicted octanol–water partition coefficient (Wildman–Crippen LogP) is 2.61. The molecule has 4 nitrogen and oxygen atoms in total. The first kappa shape index (κ1) is 14.8. The van der Waals surface area contributed by atoms with E-state index >= 15 is 0 Å². The summed E-state index contributed by atoms with van der Waals surface area (Å²) in [6.07, 6.45) is 5.58. The van der Waals surface area contributed by atoms with E-state index in [1.807, 2.05) is 0 Å². The van der Waals surface area contributed by atoms with Crippen LogP contribution >= 0.6 is 0 Å². The number of nitrogens with two attached hydrogens (primary N) is 1. The molecule has 2 unspecified atom stereocenters. The zero-order valence-corrected chi connectivity index (χ0v) is 12.8. The highest BCUT2D eigenvalue weighted by Gasteiger charge is 2.37. The molecule has 0 bridgehead atoms. The van der Waals surface area contributed by atoms with Crippen LogP contribution in [-0.2, 0) is 10.0 Å². The minimum atomic E-state index is -3.79. The molecule has 2 aliphatic rings. The molecule has 1 aromatic rings. The summed E-state index contributed by atoms with van der Waals surface area (Å²) in [5.74, 6) is 0.331. The van der Waals surface area contributed by atoms with E-state index in [2.05, 4.69) is 0 Å². The Morgan fingerprint density at radius 1 is 1.14 bits per heavy atom. The number of nitrogens with zero attached hydrogens (tertiary/aromatic N) is 1. The highest BCUT2D eigenvalue weighted by Crippen LogP contribution is 2.38. The van der Waals surface area contributed by atoms with Crippen LogP contribution in [0.15, 0.2) is 23.1 Å². The Bertz CT molecular complexity index is 633. The maximum Gasteiger partial charge on any atom is 0.246 e. The van der Waals surface area contributed by atoms with Gasteiger partial charge in [0.05, 0.1) is 0 Å². The van der Waals surface area contributed by atoms with E-state index in [-0.39, 0.29) is 10.6 Å². The normalized spacial score (nSPS) is 27.3. The molecule has 21 heavy (non-hydrogen) atoms. The van der Waals surface area contributed by atoms with Crippen LogP contribution in [0.4, 0.5) is 10.1 Å². The number of benzene rings is 1. The van der Waals surface area contributed by atoms with Crippen molar-refractivity contribution in [3.63, 3.8) is 0 Å². The number of rotatable bonds is 2. The molecule has 1 aliphatic heterocycles. The van der Waals surface area contributed by atoms with E-state index < -0.39 is 15.8 Å². The van der Waals surface area contributed by atoms with Crippen LogP contribution in [0, 0.1) is 17.7 Å². The van der Waals surface area contributed by atoms with Gasteiger partial charge in [0.2, 0.25) is 10.0 Å². The molecule has 1 aliphatic carbocycles. The van der Waals surface area contributed by atoms with E-state index in [1.165, 1.54) is 35.7 Å². The molecule has 0 radical (unpaired) electrons. The number of halogens is 1. The summed E-state index contributed by atoms with van der Waals surface area (Å²) >= 11 is 0. The fourth-order valence-corrected chi connectivity index (χ4v) is 5.25. The largest absolute Gasteiger partial charge is 0.399 e. The topological polar surface area (TPSA) is 63.4 Å². The third kappa shape index (κ3) is 2.79. The lowest BCUT2D eigenvalue weighted by molar-refractivity contribution is 0.136. The molecule has 116 valence electrons. The van der Waals surface area contributed by atoms with E-state index in [1.54, 1.807) is 0 Å². The van der Waals surface area contributed by atoms with Crippen molar-refractivity contribution in [1.29, 1.82) is 0 Å². The SMILES string of the molecule is Nc1ccc(F)c(S(=O)(=O)N2CCC3CCCCC3C2)c1. The first-order valence-corrected chi connectivity index (χ1v) is 8.97. The molecule has 3 rings (SSSR count). The van der Waals surface area contributed by atoms with Crippen LogP contribution < -0.4 is 5.73 Å². The Hall–Kier alpha value is -1.14. The van der Waals surface area contributed by atoms with Crippen molar-refractivity contribution < 1.29 is 12.8 Å². The molecular weight excluding hydrogens is 291 g/mol. The second kappa shape index (κ2) is 5.57. The molecule has 1 saturated carbocycles. The Morgan fingerprint density at radius 3 is 2.62 bits per heavy atom. The van der Waals surface area contributed by atoms with Gasteiger partial charge in [-0.1, -0.05) is 19.3 Å². The smallest absolute Gasteiger partial charge is 0.246 e. The summed E-state index contributed by atoms with van der Waals surface area (Å²) in [5, 5.41) is 0. The second-order valence-electron chi connectivity index (χ2n) is 6.15. The highest BCUT2D eigenvalue weighted by molar-refractivity contribution is 7.89. The third-order valence-corrected chi connectivity index (χ3v) is 6.71. The first-order chi connectivity index (χ1) is 9.98. The van der Waals surface area contributed by atoms with Crippen molar-refractivity contribution in [3.05, 3.63) is 24.0 Å². The van der Waals surface area contributed by atoms with Gasteiger partial charge in [-0.3, -0.25) is 0 Å². The summed E-state index contributed by atoms with van der Waals surface area (Å²) in [4.78, 5) is -0.295. The van der Waals surface area contributed by atoms with Gasteiger partial charge in [0.15, 0.2) is 0 Å². The lowest BCUT2D eigenvalue weighted by Crippen LogP contribution is -2.44. The summed E-state index contributed by atoms with van der Waals surface area (Å²) in [5.41, 5.74) is 5.88. The van der Waals surface area contributed by atoms with Crippen LogP contribution in [0.5, 0.6) is 0 Å². The zero-order chi connectivity index (χ0) is 15.0. The molecule has 1 saturated heterocycles. The van der Waals surface area contributed by atoms with Gasteiger partial charge in [0.1, 0.15) is 10.7 Å². The molecule has 1 aromatic carbocycles. The van der Waals surface area contributed by atoms with Gasteiger partial charge in [0, 0.05) is 18.8 Å². The Balaban J connectivity index is 1.86. The van der Waals surface area contributed by atoms with Gasteiger partial charge >= 0.3 is 0 Å². The maximum atomic E-state index is 13.9. The van der Waals surface area contributed by atoms with E-state index in [4.69, 9.17) is 5.73 Å². The summed E-state index contributed by atoms with van der Waals surface area (Å²) in [6.45, 7) is 0.999. The van der Waals surface area contributed by atoms with E-state index in [9.17, 15) is 12.8 Å². The van der Waals surface area contributed by atoms with Gasteiger partial charge < -0.3 is 5.73 Å². The molecule has 0 amide bonds. The number of fused-ring (bicyclic) bond motifs is 1. The van der Waals surface area contributed by atoms with E-state index in [0.717, 1.165) is 18.9 Å². The number of anilines is 1. The van der Waals surface area contributed by atoms with Crippen molar-refractivity contribution in [2.24, 2.45) is 11.8 Å². The molecule has 2 fully saturated rings. The lowest BCUT2D eigenvalue weighted by atomic mass is 9.76. The van der Waals surface area contributed by atoms with E-state index in [0.29, 0.717) is 24.9 Å². The average Bonchev–Trinajstić information content (AvgIpc) is 2.49. The summed E-state index contributed by atoms with van der Waals surface area (Å²) in [7, 11) is -3.79. The maximum absolute atomic E-state index is 13.9. The van der Waals surface area contributed by atoms with Crippen molar-refractivity contribution >= 4 is 15.7 Å². The van der Waals surface area contributed by atoms with Crippen LogP contribution in [0.2, 0.25) is 0 Å². The monoisotopic (exact) mass is 312 g/mol. The minimum Gasteiger partial charge on any atom is -0.399 e. The fourth-order valence-electron chi connectivity index (χ4n) is 3.64. The Kier molecular flexibility index (Phi) is 3.92. The van der Waals surface area contributed by atoms with Gasteiger partial charge in [-0.25, -0.2) is 12.8 Å². The van der Waals surface area contributed by atoms with Crippen LogP contribution in [-0.4, -0.2) is 25.8 Å². The van der Waals surface area contributed by atoms with Crippen molar-refractivity contribution in [1.82, 2.24) is 4.31 Å². The zero-order valence-electron chi connectivity index (χ0n) is 12.0. The Labute approximate surface area is 125 Å². The molecule has 2 atom stereocenters. The van der Waals surface area contributed by atoms with Crippen molar-refractivity contribution in [2.75, 3.05) is 18.8 Å². The molecule has 0 spiro atoms. The number of nitrogen functional groups attached to an aromatic ring is 1. The average molecular weight is 312 g/mol. The quantitative estimate of drug-likeness (QED) is 0.854. The predicted molar refractivity (Wildman–Crippen MR) is 79.6 cm³/mol. The van der Waals surface area contributed by atoms with Crippen molar-refractivity contribution in [3.8, 4) is 0 Å². The van der Waals surface area contributed by atoms with Crippen LogP contribution in [0.1, 0.15) is 32.1 Å². The Morgan fingerprint density at radius 2 is 1.86 bits per heavy atom. The summed E-state index contributed by atoms with van der Waals surface area (Å²) < 4.78 is 40.7. The molecule has 1 heterocycles. The van der Waals surface area contributed by atoms with Gasteiger partial charge in [0.25, 0.3) is 0 Å². The molecule has 6 heteroatoms. The number of sulfonamides is 1. The van der Waals surface area contributed by atoms with Crippen LogP contribution in [0.25, 0.3) is 0 Å². The molecule has 2 N–H and O–H groups in total. The minimum absolute atomic E-state index is 0.266. The van der Waals surface area contributed by atoms with Gasteiger partial charge in [-0.2, -0.15) is 4.31 Å². The first-order valence-electron chi connectivity index (χ1n) is 7.53. The van der Waals surface area contributed by atoms with Crippen molar-refractivity contribution in [2.45, 2.75) is 37.0 Å². The standard InChI is InChI=1S/C15H21FN2O2S/c16-14-6-5-13(17)9-15(14)21(19,20)18-8-7-11-3-1-2-4-12(11)10-18/h5-6,9,11-12H,1-4,7-8,10,17H2. The third-order valence-electron chi connectivity index (χ3n) is 4.83. The molecule has 0 aromatic heterocycles. The van der Waals surface area contributed by atoms with Gasteiger partial charge in [-0.15, -0.1) is 0 Å². The number of piperidine rings is 1.